The van der Waals surface area contributed by atoms with Crippen molar-refractivity contribution in [1.82, 2.24) is 5.32 Å². The Balaban J connectivity index is 1.85. The number of amides is 1. The summed E-state index contributed by atoms with van der Waals surface area (Å²) in [5.74, 6) is -0.123. The first-order chi connectivity index (χ1) is 11.0. The van der Waals surface area contributed by atoms with Crippen molar-refractivity contribution >= 4 is 38.9 Å². The Morgan fingerprint density at radius 3 is 2.43 bits per heavy atom. The summed E-state index contributed by atoms with van der Waals surface area (Å²) in [6.07, 6.45) is 0. The Morgan fingerprint density at radius 1 is 1.09 bits per heavy atom. The molecule has 1 unspecified atom stereocenters. The second-order valence-electron chi connectivity index (χ2n) is 5.85. The Hall–Kier alpha value is -1.84. The van der Waals surface area contributed by atoms with Gasteiger partial charge in [-0.05, 0) is 38.0 Å². The van der Waals surface area contributed by atoms with E-state index < -0.39 is 0 Å². The lowest BCUT2D eigenvalue weighted by molar-refractivity contribution is 0.0944. The summed E-state index contributed by atoms with van der Waals surface area (Å²) < 4.78 is 1.04. The van der Waals surface area contributed by atoms with Crippen molar-refractivity contribution in [3.63, 3.8) is 0 Å². The number of rotatable bonds is 3. The van der Waals surface area contributed by atoms with E-state index >= 15 is 0 Å². The van der Waals surface area contributed by atoms with Gasteiger partial charge < -0.3 is 5.32 Å². The highest BCUT2D eigenvalue weighted by atomic mass is 35.5. The number of aryl methyl sites for hydroxylation is 2. The maximum Gasteiger partial charge on any atom is 0.263 e. The van der Waals surface area contributed by atoms with Crippen LogP contribution < -0.4 is 5.32 Å². The van der Waals surface area contributed by atoms with Crippen molar-refractivity contribution in [2.24, 2.45) is 0 Å². The van der Waals surface area contributed by atoms with Crippen LogP contribution in [0.4, 0.5) is 0 Å². The summed E-state index contributed by atoms with van der Waals surface area (Å²) >= 11 is 7.85. The van der Waals surface area contributed by atoms with Gasteiger partial charge in [0.2, 0.25) is 0 Å². The van der Waals surface area contributed by atoms with Crippen LogP contribution in [0, 0.1) is 13.8 Å². The van der Waals surface area contributed by atoms with Crippen LogP contribution in [0.1, 0.15) is 39.3 Å². The minimum absolute atomic E-state index is 0.0638. The molecule has 0 fully saturated rings. The fraction of sp³-hybridized carbons (Fsp3) is 0.211. The van der Waals surface area contributed by atoms with Crippen molar-refractivity contribution in [3.05, 3.63) is 69.1 Å². The van der Waals surface area contributed by atoms with Gasteiger partial charge in [0.25, 0.3) is 5.91 Å². The normalized spacial score (nSPS) is 12.3. The van der Waals surface area contributed by atoms with Crippen LogP contribution in [0.3, 0.4) is 0 Å². The van der Waals surface area contributed by atoms with Gasteiger partial charge in [0.15, 0.2) is 0 Å². The van der Waals surface area contributed by atoms with E-state index in [1.807, 2.05) is 57.2 Å². The second-order valence-corrected chi connectivity index (χ2v) is 7.28. The average Bonchev–Trinajstić information content (AvgIpc) is 2.84. The molecule has 1 aromatic heterocycles. The molecule has 1 heterocycles. The topological polar surface area (TPSA) is 29.1 Å². The maximum absolute atomic E-state index is 12.6. The molecule has 2 nitrogen and oxygen atoms in total. The van der Waals surface area contributed by atoms with Crippen molar-refractivity contribution in [2.45, 2.75) is 26.8 Å². The first kappa shape index (κ1) is 16.0. The number of fused-ring (bicyclic) bond motifs is 1. The van der Waals surface area contributed by atoms with Gasteiger partial charge in [0.1, 0.15) is 4.88 Å². The summed E-state index contributed by atoms with van der Waals surface area (Å²) in [5, 5.41) is 4.52. The summed E-state index contributed by atoms with van der Waals surface area (Å²) in [5.41, 5.74) is 3.45. The average molecular weight is 344 g/mol. The summed E-state index contributed by atoms with van der Waals surface area (Å²) in [7, 11) is 0. The van der Waals surface area contributed by atoms with E-state index in [1.54, 1.807) is 0 Å². The highest BCUT2D eigenvalue weighted by molar-refractivity contribution is 7.21. The van der Waals surface area contributed by atoms with Crippen LogP contribution in [0.5, 0.6) is 0 Å². The molecule has 2 aromatic carbocycles. The van der Waals surface area contributed by atoms with Crippen LogP contribution in [-0.4, -0.2) is 5.91 Å². The largest absolute Gasteiger partial charge is 0.345 e. The lowest BCUT2D eigenvalue weighted by atomic mass is 10.1. The van der Waals surface area contributed by atoms with Crippen LogP contribution in [0.2, 0.25) is 5.02 Å². The zero-order valence-corrected chi connectivity index (χ0v) is 14.9. The van der Waals surface area contributed by atoms with Gasteiger partial charge >= 0.3 is 0 Å². The first-order valence-corrected chi connectivity index (χ1v) is 8.71. The Labute approximate surface area is 145 Å². The molecule has 1 atom stereocenters. The number of hydrogen-bond acceptors (Lipinski definition) is 2. The summed E-state index contributed by atoms with van der Waals surface area (Å²) in [4.78, 5) is 13.2. The predicted molar refractivity (Wildman–Crippen MR) is 98.6 cm³/mol. The quantitative estimate of drug-likeness (QED) is 0.653. The molecule has 0 bridgehead atoms. The number of nitrogens with one attached hydrogen (secondary N) is 1. The van der Waals surface area contributed by atoms with Crippen LogP contribution in [0.25, 0.3) is 10.1 Å². The highest BCUT2D eigenvalue weighted by Crippen LogP contribution is 2.36. The lowest BCUT2D eigenvalue weighted by Crippen LogP contribution is -2.26. The molecule has 0 aliphatic rings. The molecule has 3 aromatic rings. The van der Waals surface area contributed by atoms with E-state index in [2.05, 4.69) is 11.4 Å². The molecule has 0 saturated carbocycles. The van der Waals surface area contributed by atoms with Gasteiger partial charge in [-0.15, -0.1) is 11.3 Å². The first-order valence-electron chi connectivity index (χ1n) is 7.52. The minimum atomic E-state index is -0.123. The molecule has 1 N–H and O–H groups in total. The molecule has 23 heavy (non-hydrogen) atoms. The van der Waals surface area contributed by atoms with Gasteiger partial charge in [0, 0.05) is 10.1 Å². The van der Waals surface area contributed by atoms with Crippen LogP contribution >= 0.6 is 22.9 Å². The van der Waals surface area contributed by atoms with Gasteiger partial charge in [-0.3, -0.25) is 4.79 Å². The van der Waals surface area contributed by atoms with E-state index in [1.165, 1.54) is 16.9 Å². The second kappa shape index (κ2) is 6.34. The monoisotopic (exact) mass is 343 g/mol. The van der Waals surface area contributed by atoms with Gasteiger partial charge in [-0.1, -0.05) is 53.6 Å². The molecule has 118 valence electrons. The van der Waals surface area contributed by atoms with E-state index in [0.29, 0.717) is 9.90 Å². The third kappa shape index (κ3) is 3.26. The van der Waals surface area contributed by atoms with Crippen LogP contribution in [-0.2, 0) is 0 Å². The van der Waals surface area contributed by atoms with Gasteiger partial charge in [-0.2, -0.15) is 0 Å². The third-order valence-corrected chi connectivity index (χ3v) is 5.57. The molecular weight excluding hydrogens is 326 g/mol. The SMILES string of the molecule is Cc1ccc(C(C)NC(=O)c2sc3cc(C)ccc3c2Cl)cc1. The molecule has 3 rings (SSSR count). The van der Waals surface area contributed by atoms with Crippen LogP contribution in [0.15, 0.2) is 42.5 Å². The molecule has 0 aliphatic carbocycles. The summed E-state index contributed by atoms with van der Waals surface area (Å²) in [6.45, 7) is 6.06. The minimum Gasteiger partial charge on any atom is -0.345 e. The smallest absolute Gasteiger partial charge is 0.263 e. The fourth-order valence-electron chi connectivity index (χ4n) is 2.52. The molecule has 0 saturated heterocycles. The Morgan fingerprint density at radius 2 is 1.74 bits per heavy atom. The van der Waals surface area contributed by atoms with E-state index in [-0.39, 0.29) is 11.9 Å². The van der Waals surface area contributed by atoms with E-state index in [4.69, 9.17) is 11.6 Å². The van der Waals surface area contributed by atoms with Gasteiger partial charge in [-0.25, -0.2) is 0 Å². The Bertz CT molecular complexity index is 867. The Kier molecular flexibility index (Phi) is 4.42. The fourth-order valence-corrected chi connectivity index (χ4v) is 4.04. The lowest BCUT2D eigenvalue weighted by Gasteiger charge is -2.14. The van der Waals surface area contributed by atoms with E-state index in [0.717, 1.165) is 21.2 Å². The molecule has 0 aliphatic heterocycles. The number of carbonyl (C=O) groups excluding carboxylic acids is 1. The summed E-state index contributed by atoms with van der Waals surface area (Å²) in [6, 6.07) is 14.2. The number of halogens is 1. The zero-order chi connectivity index (χ0) is 16.6. The maximum atomic E-state index is 12.6. The standard InChI is InChI=1S/C19H18ClNOS/c1-11-4-7-14(8-5-11)13(3)21-19(22)18-17(20)15-9-6-12(2)10-16(15)23-18/h4-10,13H,1-3H3,(H,21,22). The van der Waals surface area contributed by atoms with Gasteiger partial charge in [0.05, 0.1) is 11.1 Å². The van der Waals surface area contributed by atoms with Crippen molar-refractivity contribution in [1.29, 1.82) is 0 Å². The third-order valence-electron chi connectivity index (χ3n) is 3.92. The molecule has 4 heteroatoms. The zero-order valence-electron chi connectivity index (χ0n) is 13.3. The van der Waals surface area contributed by atoms with Crippen molar-refractivity contribution < 1.29 is 4.79 Å². The number of carbonyl (C=O) groups is 1. The molecular formula is C19H18ClNOS. The highest BCUT2D eigenvalue weighted by Gasteiger charge is 2.19. The van der Waals surface area contributed by atoms with E-state index in [9.17, 15) is 4.79 Å². The van der Waals surface area contributed by atoms with Crippen molar-refractivity contribution in [3.8, 4) is 0 Å². The predicted octanol–water partition coefficient (Wildman–Crippen LogP) is 5.66. The molecule has 0 radical (unpaired) electrons. The number of benzene rings is 2. The molecule has 1 amide bonds. The number of hydrogen-bond donors (Lipinski definition) is 1. The van der Waals surface area contributed by atoms with Crippen molar-refractivity contribution in [2.75, 3.05) is 0 Å². The number of thiophene rings is 1. The molecule has 0 spiro atoms.